The van der Waals surface area contributed by atoms with E-state index in [4.69, 9.17) is 33.0 Å². The van der Waals surface area contributed by atoms with Gasteiger partial charge in [0, 0.05) is 36.7 Å². The molecule has 2 aromatic heterocycles. The van der Waals surface area contributed by atoms with Crippen molar-refractivity contribution >= 4 is 40.5 Å². The van der Waals surface area contributed by atoms with E-state index in [9.17, 15) is 4.79 Å². The Kier molecular flexibility index (Phi) is 10.5. The van der Waals surface area contributed by atoms with E-state index in [0.29, 0.717) is 34.7 Å². The Morgan fingerprint density at radius 2 is 1.59 bits per heavy atom. The Hall–Kier alpha value is -2.09. The Labute approximate surface area is 169 Å². The van der Waals surface area contributed by atoms with E-state index in [2.05, 4.69) is 20.6 Å². The molecule has 0 saturated heterocycles. The molecule has 0 bridgehead atoms. The number of ether oxygens (including phenoxy) is 1. The van der Waals surface area contributed by atoms with Crippen LogP contribution in [-0.4, -0.2) is 40.7 Å². The molecule has 2 rings (SSSR count). The number of aromatic nitrogens is 2. The van der Waals surface area contributed by atoms with Gasteiger partial charge in [0.2, 0.25) is 0 Å². The normalized spacial score (nSPS) is 9.85. The minimum Gasteiger partial charge on any atom is -0.462 e. The van der Waals surface area contributed by atoms with Crippen LogP contribution < -0.4 is 10.6 Å². The molecule has 0 radical (unpaired) electrons. The highest BCUT2D eigenvalue weighted by Gasteiger charge is 2.13. The average Bonchev–Trinajstić information content (AvgIpc) is 2.63. The van der Waals surface area contributed by atoms with Crippen LogP contribution in [0.3, 0.4) is 0 Å². The third-order valence-corrected chi connectivity index (χ3v) is 3.64. The number of pyridine rings is 2. The zero-order valence-corrected chi connectivity index (χ0v) is 17.1. The molecule has 2 aromatic rings. The number of esters is 1. The minimum absolute atomic E-state index is 0.0213. The summed E-state index contributed by atoms with van der Waals surface area (Å²) in [5.41, 5.74) is 2.67. The highest BCUT2D eigenvalue weighted by molar-refractivity contribution is 6.30. The monoisotopic (exact) mass is 414 g/mol. The molecule has 0 spiro atoms. The van der Waals surface area contributed by atoms with Gasteiger partial charge in [-0.05, 0) is 32.9 Å². The van der Waals surface area contributed by atoms with Gasteiger partial charge in [0.05, 0.1) is 18.9 Å². The molecule has 0 saturated carbocycles. The summed E-state index contributed by atoms with van der Waals surface area (Å²) in [6, 6.07) is 3.31. The zero-order valence-electron chi connectivity index (χ0n) is 15.6. The van der Waals surface area contributed by atoms with Crippen LogP contribution in [0.1, 0.15) is 36.7 Å². The first kappa shape index (κ1) is 23.0. The second kappa shape index (κ2) is 12.3. The molecule has 2 heterocycles. The molecule has 27 heavy (non-hydrogen) atoms. The molecule has 0 aromatic carbocycles. The Balaban J connectivity index is 0.000000277. The molecule has 3 N–H and O–H groups in total. The van der Waals surface area contributed by atoms with Gasteiger partial charge in [0.1, 0.15) is 15.9 Å². The van der Waals surface area contributed by atoms with Gasteiger partial charge in [-0.3, -0.25) is 0 Å². The van der Waals surface area contributed by atoms with E-state index < -0.39 is 5.97 Å². The number of hydrogen-bond acceptors (Lipinski definition) is 7. The van der Waals surface area contributed by atoms with Crippen molar-refractivity contribution in [2.45, 2.75) is 27.4 Å². The summed E-state index contributed by atoms with van der Waals surface area (Å²) in [6.45, 7) is 7.49. The number of hydrogen-bond donors (Lipinski definition) is 3. The summed E-state index contributed by atoms with van der Waals surface area (Å²) in [6.07, 6.45) is 2.98. The van der Waals surface area contributed by atoms with Crippen molar-refractivity contribution in [2.24, 2.45) is 0 Å². The maximum atomic E-state index is 11.5. The number of rotatable bonds is 7. The summed E-state index contributed by atoms with van der Waals surface area (Å²) in [4.78, 5) is 19.2. The molecule has 0 aliphatic carbocycles. The maximum Gasteiger partial charge on any atom is 0.341 e. The molecule has 0 amide bonds. The third kappa shape index (κ3) is 7.58. The molecule has 7 nitrogen and oxygen atoms in total. The molecule has 148 valence electrons. The number of nitrogens with zero attached hydrogens (tertiary/aromatic N) is 2. The van der Waals surface area contributed by atoms with Crippen LogP contribution >= 0.6 is 23.2 Å². The Morgan fingerprint density at radius 3 is 2.15 bits per heavy atom. The predicted octanol–water partition coefficient (Wildman–Crippen LogP) is 4.00. The summed E-state index contributed by atoms with van der Waals surface area (Å²) in [7, 11) is 0. The number of carbonyl (C=O) groups excluding carboxylic acids is 1. The molecular formula is C18H24Cl2N4O3. The van der Waals surface area contributed by atoms with Crippen LogP contribution in [-0.2, 0) is 11.3 Å². The van der Waals surface area contributed by atoms with Gasteiger partial charge in [0.25, 0.3) is 0 Å². The van der Waals surface area contributed by atoms with Crippen LogP contribution in [0.25, 0.3) is 0 Å². The molecule has 0 aliphatic heterocycles. The lowest BCUT2D eigenvalue weighted by atomic mass is 10.2. The fourth-order valence-electron chi connectivity index (χ4n) is 2.08. The molecule has 9 heteroatoms. The average molecular weight is 415 g/mol. The Morgan fingerprint density at radius 1 is 1.04 bits per heavy atom. The number of halogens is 2. The van der Waals surface area contributed by atoms with Crippen molar-refractivity contribution in [2.75, 3.05) is 30.3 Å². The highest BCUT2D eigenvalue weighted by Crippen LogP contribution is 2.19. The number of aliphatic hydroxyl groups is 1. The van der Waals surface area contributed by atoms with Crippen molar-refractivity contribution in [3.63, 3.8) is 0 Å². The van der Waals surface area contributed by atoms with Gasteiger partial charge in [-0.1, -0.05) is 23.2 Å². The van der Waals surface area contributed by atoms with E-state index >= 15 is 0 Å². The largest absolute Gasteiger partial charge is 0.462 e. The first-order chi connectivity index (χ1) is 13.0. The lowest BCUT2D eigenvalue weighted by Crippen LogP contribution is -2.10. The van der Waals surface area contributed by atoms with Crippen molar-refractivity contribution in [3.05, 3.63) is 46.0 Å². The van der Waals surface area contributed by atoms with Gasteiger partial charge in [-0.15, -0.1) is 0 Å². The van der Waals surface area contributed by atoms with Crippen LogP contribution in [0.5, 0.6) is 0 Å². The SMILES string of the molecule is CCNc1cc(Cl)ncc1C(=O)OCC.CCNc1cc(Cl)ncc1CO. The lowest BCUT2D eigenvalue weighted by molar-refractivity contribution is 0.0527. The fourth-order valence-corrected chi connectivity index (χ4v) is 2.39. The first-order valence-corrected chi connectivity index (χ1v) is 9.27. The van der Waals surface area contributed by atoms with Gasteiger partial charge < -0.3 is 20.5 Å². The molecule has 0 aliphatic rings. The maximum absolute atomic E-state index is 11.5. The van der Waals surface area contributed by atoms with Crippen molar-refractivity contribution in [1.29, 1.82) is 0 Å². The highest BCUT2D eigenvalue weighted by atomic mass is 35.5. The van der Waals surface area contributed by atoms with Crippen LogP contribution in [0.2, 0.25) is 10.3 Å². The fraction of sp³-hybridized carbons (Fsp3) is 0.389. The van der Waals surface area contributed by atoms with E-state index in [1.165, 1.54) is 6.20 Å². The second-order valence-electron chi connectivity index (χ2n) is 5.16. The minimum atomic E-state index is -0.391. The summed E-state index contributed by atoms with van der Waals surface area (Å²) in [5.74, 6) is -0.391. The molecule has 0 fully saturated rings. The molecular weight excluding hydrogens is 391 g/mol. The van der Waals surface area contributed by atoms with Crippen molar-refractivity contribution < 1.29 is 14.6 Å². The topological polar surface area (TPSA) is 96.4 Å². The van der Waals surface area contributed by atoms with Crippen molar-refractivity contribution in [3.8, 4) is 0 Å². The number of carbonyl (C=O) groups is 1. The van der Waals surface area contributed by atoms with E-state index in [0.717, 1.165) is 17.8 Å². The summed E-state index contributed by atoms with van der Waals surface area (Å²) >= 11 is 11.4. The van der Waals surface area contributed by atoms with Crippen LogP contribution in [0.15, 0.2) is 24.5 Å². The number of anilines is 2. The zero-order chi connectivity index (χ0) is 20.2. The summed E-state index contributed by atoms with van der Waals surface area (Å²) < 4.78 is 4.89. The lowest BCUT2D eigenvalue weighted by Gasteiger charge is -2.09. The predicted molar refractivity (Wildman–Crippen MR) is 109 cm³/mol. The number of aliphatic hydroxyl groups excluding tert-OH is 1. The van der Waals surface area contributed by atoms with Gasteiger partial charge in [-0.25, -0.2) is 14.8 Å². The standard InChI is InChI=1S/C10H13ClN2O2.C8H11ClN2O/c1-3-12-8-5-9(11)13-6-7(8)10(14)15-4-2;1-2-10-7-3-8(9)11-4-6(7)5-12/h5-6H,3-4H2,1-2H3,(H,12,13);3-4,12H,2,5H2,1H3,(H,10,11). The van der Waals surface area contributed by atoms with Gasteiger partial charge in [0.15, 0.2) is 0 Å². The van der Waals surface area contributed by atoms with E-state index in [1.807, 2.05) is 13.8 Å². The smallest absolute Gasteiger partial charge is 0.341 e. The Bertz CT molecular complexity index is 745. The van der Waals surface area contributed by atoms with Gasteiger partial charge >= 0.3 is 5.97 Å². The van der Waals surface area contributed by atoms with E-state index in [-0.39, 0.29) is 6.61 Å². The van der Waals surface area contributed by atoms with Crippen molar-refractivity contribution in [1.82, 2.24) is 9.97 Å². The van der Waals surface area contributed by atoms with Crippen LogP contribution in [0, 0.1) is 0 Å². The molecule has 0 unspecified atom stereocenters. The first-order valence-electron chi connectivity index (χ1n) is 8.52. The number of nitrogens with one attached hydrogen (secondary N) is 2. The van der Waals surface area contributed by atoms with Crippen LogP contribution in [0.4, 0.5) is 11.4 Å². The summed E-state index contributed by atoms with van der Waals surface area (Å²) in [5, 5.41) is 15.8. The third-order valence-electron chi connectivity index (χ3n) is 3.22. The molecule has 0 atom stereocenters. The second-order valence-corrected chi connectivity index (χ2v) is 5.93. The quantitative estimate of drug-likeness (QED) is 0.465. The van der Waals surface area contributed by atoms with Gasteiger partial charge in [-0.2, -0.15) is 0 Å². The van der Waals surface area contributed by atoms with E-state index in [1.54, 1.807) is 25.3 Å².